The predicted octanol–water partition coefficient (Wildman–Crippen LogP) is 1.84. The number of allylic oxidation sites excluding steroid dienone is 1. The van der Waals surface area contributed by atoms with Gasteiger partial charge >= 0.3 is 5.97 Å². The Kier molecular flexibility index (Phi) is 9.16. The van der Waals surface area contributed by atoms with E-state index in [0.29, 0.717) is 45.0 Å². The van der Waals surface area contributed by atoms with Gasteiger partial charge in [-0.2, -0.15) is 0 Å². The molecule has 2 bridgehead atoms. The van der Waals surface area contributed by atoms with Gasteiger partial charge in [0.15, 0.2) is 5.96 Å². The van der Waals surface area contributed by atoms with Crippen LogP contribution >= 0.6 is 0 Å². The number of hydrogen-bond donors (Lipinski definition) is 6. The van der Waals surface area contributed by atoms with Crippen molar-refractivity contribution in [3.05, 3.63) is 23.4 Å². The number of carbonyl (C=O) groups is 1. The van der Waals surface area contributed by atoms with Crippen LogP contribution in [0.25, 0.3) is 0 Å². The lowest BCUT2D eigenvalue weighted by Gasteiger charge is -2.61. The van der Waals surface area contributed by atoms with Gasteiger partial charge in [0, 0.05) is 43.2 Å². The van der Waals surface area contributed by atoms with Crippen LogP contribution in [0, 0.1) is 28.6 Å². The van der Waals surface area contributed by atoms with E-state index >= 15 is 0 Å². The summed E-state index contributed by atoms with van der Waals surface area (Å²) in [6, 6.07) is 0. The Hall–Kier alpha value is -1.98. The average molecular weight is 574 g/mol. The Morgan fingerprint density at radius 1 is 1.22 bits per heavy atom. The van der Waals surface area contributed by atoms with Crippen LogP contribution in [-0.2, 0) is 9.53 Å². The maximum atomic E-state index is 13.0. The maximum Gasteiger partial charge on any atom is 0.334 e. The van der Waals surface area contributed by atoms with Gasteiger partial charge in [-0.15, -0.1) is 0 Å². The molecule has 7 N–H and O–H groups in total. The molecule has 6 atom stereocenters. The second kappa shape index (κ2) is 12.3. The highest BCUT2D eigenvalue weighted by molar-refractivity contribution is 5.92. The van der Waals surface area contributed by atoms with Gasteiger partial charge in [0.1, 0.15) is 5.60 Å². The molecule has 3 fully saturated rings. The fraction of sp³-hybridized carbons (Fsp3) is 0.806. The number of aliphatic hydroxyl groups excluding tert-OH is 1. The number of likely N-dealkylation sites (N-methyl/N-ethyl adjacent to an activating group) is 1. The molecule has 0 radical (unpaired) electrons. The van der Waals surface area contributed by atoms with Crippen LogP contribution in [0.3, 0.4) is 0 Å². The summed E-state index contributed by atoms with van der Waals surface area (Å²) in [6.45, 7) is 5.40. The van der Waals surface area contributed by atoms with Crippen molar-refractivity contribution in [3.8, 4) is 0 Å². The highest BCUT2D eigenvalue weighted by Crippen LogP contribution is 2.77. The Bertz CT molecular complexity index is 1060. The van der Waals surface area contributed by atoms with Crippen molar-refractivity contribution in [2.75, 3.05) is 53.0 Å². The molecule has 0 unspecified atom stereocenters. The van der Waals surface area contributed by atoms with Gasteiger partial charge in [0.2, 0.25) is 0 Å². The first-order chi connectivity index (χ1) is 19.7. The second-order valence-electron chi connectivity index (χ2n) is 13.2. The summed E-state index contributed by atoms with van der Waals surface area (Å²) in [6.07, 6.45) is 12.7. The lowest BCUT2D eigenvalue weighted by molar-refractivity contribution is -0.142. The molecular weight excluding hydrogens is 522 g/mol. The normalized spacial score (nSPS) is 37.3. The maximum absolute atomic E-state index is 13.0. The summed E-state index contributed by atoms with van der Waals surface area (Å²) in [5, 5.41) is 39.0. The Labute approximate surface area is 244 Å². The number of hydrogen-bond acceptors (Lipinski definition) is 7. The third-order valence-corrected chi connectivity index (χ3v) is 11.2. The average Bonchev–Trinajstić information content (AvgIpc) is 3.31. The van der Waals surface area contributed by atoms with Crippen LogP contribution in [0.1, 0.15) is 64.7 Å². The predicted molar refractivity (Wildman–Crippen MR) is 158 cm³/mol. The highest BCUT2D eigenvalue weighted by atomic mass is 16.5. The minimum absolute atomic E-state index is 0.0264. The van der Waals surface area contributed by atoms with E-state index in [9.17, 15) is 20.1 Å². The second-order valence-corrected chi connectivity index (χ2v) is 13.2. The molecule has 0 aromatic heterocycles. The molecule has 2 spiro atoms. The van der Waals surface area contributed by atoms with Gasteiger partial charge in [0.25, 0.3) is 0 Å². The molecule has 0 aromatic carbocycles. The molecule has 10 nitrogen and oxygen atoms in total. The molecule has 4 aliphatic carbocycles. The number of carboxylic acids is 1. The summed E-state index contributed by atoms with van der Waals surface area (Å²) in [5.74, 6) is -0.0366. The molecule has 5 rings (SSSR count). The fourth-order valence-corrected chi connectivity index (χ4v) is 9.46. The molecule has 0 amide bonds. The minimum atomic E-state index is -1.54. The van der Waals surface area contributed by atoms with Crippen LogP contribution in [0.5, 0.6) is 0 Å². The van der Waals surface area contributed by atoms with Crippen molar-refractivity contribution in [2.24, 2.45) is 39.3 Å². The van der Waals surface area contributed by atoms with E-state index in [2.05, 4.69) is 28.6 Å². The molecule has 0 aromatic rings. The Balaban J connectivity index is 1.57. The van der Waals surface area contributed by atoms with Crippen LogP contribution in [0.2, 0.25) is 0 Å². The van der Waals surface area contributed by atoms with Gasteiger partial charge in [-0.1, -0.05) is 32.3 Å². The number of guanidine groups is 1. The first kappa shape index (κ1) is 30.5. The third kappa shape index (κ3) is 5.13. The number of carboxylic acid groups (broad SMARTS) is 1. The summed E-state index contributed by atoms with van der Waals surface area (Å²) in [4.78, 5) is 19.7. The van der Waals surface area contributed by atoms with Crippen molar-refractivity contribution in [1.82, 2.24) is 15.5 Å². The first-order valence-electron chi connectivity index (χ1n) is 15.8. The van der Waals surface area contributed by atoms with Gasteiger partial charge in [-0.3, -0.25) is 4.99 Å². The van der Waals surface area contributed by atoms with Crippen molar-refractivity contribution in [3.63, 3.8) is 0 Å². The number of nitrogens with two attached hydrogens (primary N) is 1. The van der Waals surface area contributed by atoms with Crippen molar-refractivity contribution >= 4 is 11.9 Å². The number of ether oxygens (including phenoxy) is 1. The summed E-state index contributed by atoms with van der Waals surface area (Å²) in [5.41, 5.74) is 5.28. The SMILES string of the molecule is CNCCN=C(N)N1C=C[C@H](CNCCO)[C@@]2(C1)[C@@H]1CC[C@@H](C)[C@]23C[C@](O)(COC2CCCCC2)C(C(=O)O)=C3C1. The largest absolute Gasteiger partial charge is 0.478 e. The molecule has 10 heteroatoms. The van der Waals surface area contributed by atoms with E-state index in [1.54, 1.807) is 0 Å². The van der Waals surface area contributed by atoms with Crippen molar-refractivity contribution in [1.29, 1.82) is 0 Å². The standard InChI is InChI=1S/C31H51N5O5/c1-21-8-9-22-16-25-26(27(38)39)29(40,20-41-24-6-4-3-5-7-24)18-30(21,25)31(22)19-36(28(32)35-12-11-33-2)14-10-23(31)17-34-13-15-37/h10,14,21-24,33-34,37,40H,3-9,11-13,15-20H2,1-2H3,(H2,32,35)(H,38,39)/t21-,22-,23-,29+,30+,31-/m1/s1. The van der Waals surface area contributed by atoms with Crippen LogP contribution in [0.15, 0.2) is 28.4 Å². The van der Waals surface area contributed by atoms with E-state index in [4.69, 9.17) is 10.5 Å². The molecule has 1 heterocycles. The summed E-state index contributed by atoms with van der Waals surface area (Å²) >= 11 is 0. The van der Waals surface area contributed by atoms with Gasteiger partial charge in [-0.25, -0.2) is 4.79 Å². The molecular formula is C31H51N5O5. The number of aliphatic carboxylic acids is 1. The number of nitrogens with one attached hydrogen (secondary N) is 2. The van der Waals surface area contributed by atoms with Crippen LogP contribution < -0.4 is 16.4 Å². The quantitative estimate of drug-likeness (QED) is 0.123. The van der Waals surface area contributed by atoms with Crippen LogP contribution in [0.4, 0.5) is 0 Å². The smallest absolute Gasteiger partial charge is 0.334 e. The van der Waals surface area contributed by atoms with Gasteiger partial charge < -0.3 is 41.3 Å². The highest BCUT2D eigenvalue weighted by Gasteiger charge is 2.75. The van der Waals surface area contributed by atoms with E-state index in [-0.39, 0.29) is 48.1 Å². The van der Waals surface area contributed by atoms with Crippen molar-refractivity contribution < 1.29 is 24.9 Å². The molecule has 41 heavy (non-hydrogen) atoms. The van der Waals surface area contributed by atoms with Crippen molar-refractivity contribution in [2.45, 2.75) is 76.4 Å². The zero-order valence-electron chi connectivity index (χ0n) is 24.9. The van der Waals surface area contributed by atoms with E-state index in [0.717, 1.165) is 50.6 Å². The number of aliphatic hydroxyl groups is 2. The number of rotatable bonds is 11. The molecule has 1 aliphatic heterocycles. The Morgan fingerprint density at radius 2 is 2.00 bits per heavy atom. The lowest BCUT2D eigenvalue weighted by Crippen LogP contribution is -2.62. The number of aliphatic imine (C=N–C) groups is 1. The van der Waals surface area contributed by atoms with E-state index in [1.807, 2.05) is 18.1 Å². The molecule has 5 aliphatic rings. The topological polar surface area (TPSA) is 153 Å². The van der Waals surface area contributed by atoms with Gasteiger partial charge in [0.05, 0.1) is 31.4 Å². The zero-order chi connectivity index (χ0) is 29.3. The third-order valence-electron chi connectivity index (χ3n) is 11.2. The fourth-order valence-electron chi connectivity index (χ4n) is 9.46. The van der Waals surface area contributed by atoms with E-state index < -0.39 is 17.0 Å². The Morgan fingerprint density at radius 3 is 2.71 bits per heavy atom. The molecule has 0 saturated heterocycles. The monoisotopic (exact) mass is 573 g/mol. The van der Waals surface area contributed by atoms with E-state index in [1.165, 1.54) is 6.42 Å². The number of nitrogens with zero attached hydrogens (tertiary/aromatic N) is 2. The molecule has 3 saturated carbocycles. The summed E-state index contributed by atoms with van der Waals surface area (Å²) < 4.78 is 6.32. The van der Waals surface area contributed by atoms with Crippen LogP contribution in [-0.4, -0.2) is 96.8 Å². The lowest BCUT2D eigenvalue weighted by atomic mass is 9.46. The zero-order valence-corrected chi connectivity index (χ0v) is 24.9. The minimum Gasteiger partial charge on any atom is -0.478 e. The van der Waals surface area contributed by atoms with Gasteiger partial charge in [-0.05, 0) is 68.9 Å². The summed E-state index contributed by atoms with van der Waals surface area (Å²) in [7, 11) is 1.89. The molecule has 230 valence electrons. The first-order valence-corrected chi connectivity index (χ1v) is 15.8.